The fourth-order valence-electron chi connectivity index (χ4n) is 2.74. The van der Waals surface area contributed by atoms with E-state index >= 15 is 0 Å². The number of carbonyl (C=O) groups is 1. The summed E-state index contributed by atoms with van der Waals surface area (Å²) in [5, 5.41) is 15.5. The first-order chi connectivity index (χ1) is 13.5. The second kappa shape index (κ2) is 8.71. The number of rotatable bonds is 7. The van der Waals surface area contributed by atoms with Crippen molar-refractivity contribution in [3.8, 4) is 5.75 Å². The number of nitrogens with one attached hydrogen (secondary N) is 1. The van der Waals surface area contributed by atoms with E-state index in [0.717, 1.165) is 27.9 Å². The van der Waals surface area contributed by atoms with Crippen LogP contribution in [0.25, 0.3) is 10.9 Å². The van der Waals surface area contributed by atoms with E-state index < -0.39 is 4.92 Å². The average molecular weight is 397 g/mol. The number of nitro groups is 1. The number of aryl methyl sites for hydroxylation is 1. The molecule has 0 bridgehead atoms. The molecule has 0 aliphatic heterocycles. The molecule has 0 radical (unpaired) electrons. The summed E-state index contributed by atoms with van der Waals surface area (Å²) >= 11 is 1.36. The Balaban J connectivity index is 1.72. The molecule has 3 rings (SSSR count). The van der Waals surface area contributed by atoms with Crippen molar-refractivity contribution in [2.24, 2.45) is 0 Å². The second-order valence-electron chi connectivity index (χ2n) is 5.98. The van der Waals surface area contributed by atoms with Gasteiger partial charge in [0.2, 0.25) is 5.91 Å². The molecule has 1 amide bonds. The number of carbonyl (C=O) groups excluding carboxylic acids is 1. The number of pyridine rings is 1. The third kappa shape index (κ3) is 4.40. The number of non-ortho nitro benzene ring substituents is 1. The zero-order valence-corrected chi connectivity index (χ0v) is 16.3. The van der Waals surface area contributed by atoms with Crippen LogP contribution in [-0.2, 0) is 11.2 Å². The Kier molecular flexibility index (Phi) is 6.10. The van der Waals surface area contributed by atoms with Gasteiger partial charge in [-0.05, 0) is 30.2 Å². The molecular weight excluding hydrogens is 378 g/mol. The van der Waals surface area contributed by atoms with Gasteiger partial charge in [-0.1, -0.05) is 36.9 Å². The van der Waals surface area contributed by atoms with Gasteiger partial charge in [0.1, 0.15) is 10.8 Å². The Bertz CT molecular complexity index is 1040. The minimum atomic E-state index is -0.512. The van der Waals surface area contributed by atoms with Crippen molar-refractivity contribution >= 4 is 39.9 Å². The molecule has 0 saturated carbocycles. The first-order valence-electron chi connectivity index (χ1n) is 8.65. The molecule has 3 aromatic rings. The van der Waals surface area contributed by atoms with Gasteiger partial charge in [-0.25, -0.2) is 4.98 Å². The van der Waals surface area contributed by atoms with Crippen LogP contribution < -0.4 is 10.1 Å². The van der Waals surface area contributed by atoms with Gasteiger partial charge in [-0.3, -0.25) is 14.9 Å². The van der Waals surface area contributed by atoms with Gasteiger partial charge in [0.05, 0.1) is 35.1 Å². The number of fused-ring (bicyclic) bond motifs is 1. The normalized spacial score (nSPS) is 10.6. The van der Waals surface area contributed by atoms with Crippen molar-refractivity contribution in [2.75, 3.05) is 18.2 Å². The van der Waals surface area contributed by atoms with Crippen LogP contribution in [0.3, 0.4) is 0 Å². The fourth-order valence-corrected chi connectivity index (χ4v) is 3.63. The van der Waals surface area contributed by atoms with Crippen molar-refractivity contribution in [3.05, 3.63) is 64.2 Å². The molecular formula is C20H19N3O4S. The Morgan fingerprint density at radius 2 is 2.04 bits per heavy atom. The molecule has 0 unspecified atom stereocenters. The van der Waals surface area contributed by atoms with Crippen molar-refractivity contribution in [3.63, 3.8) is 0 Å². The first kappa shape index (κ1) is 19.6. The van der Waals surface area contributed by atoms with Crippen LogP contribution in [0.2, 0.25) is 0 Å². The summed E-state index contributed by atoms with van der Waals surface area (Å²) in [6, 6.07) is 14.0. The summed E-state index contributed by atoms with van der Waals surface area (Å²) < 4.78 is 5.15. The quantitative estimate of drug-likeness (QED) is 0.360. The highest BCUT2D eigenvalue weighted by molar-refractivity contribution is 8.00. The number of aromatic nitrogens is 1. The maximum atomic E-state index is 12.4. The molecule has 144 valence electrons. The molecule has 0 spiro atoms. The molecule has 0 fully saturated rings. The maximum absolute atomic E-state index is 12.4. The first-order valence-corrected chi connectivity index (χ1v) is 9.64. The molecule has 1 heterocycles. The number of hydrogen-bond acceptors (Lipinski definition) is 6. The van der Waals surface area contributed by atoms with Crippen molar-refractivity contribution in [1.29, 1.82) is 0 Å². The number of anilines is 1. The third-order valence-electron chi connectivity index (χ3n) is 4.15. The maximum Gasteiger partial charge on any atom is 0.273 e. The standard InChI is InChI=1S/C20H19N3O4S/c1-3-13-10-14-6-4-5-7-16(14)22-20(13)28-12-19(24)21-17-9-8-15(23(25)26)11-18(17)27-2/h4-11H,3,12H2,1-2H3,(H,21,24). The van der Waals surface area contributed by atoms with Crippen LogP contribution in [0.5, 0.6) is 5.75 Å². The largest absolute Gasteiger partial charge is 0.494 e. The van der Waals surface area contributed by atoms with Crippen LogP contribution in [-0.4, -0.2) is 28.7 Å². The smallest absolute Gasteiger partial charge is 0.273 e. The Labute approximate surface area is 166 Å². The number of amides is 1. The summed E-state index contributed by atoms with van der Waals surface area (Å²) in [5.74, 6) is 0.165. The molecule has 0 atom stereocenters. The average Bonchev–Trinajstić information content (AvgIpc) is 2.71. The van der Waals surface area contributed by atoms with E-state index in [1.807, 2.05) is 24.3 Å². The number of nitrogens with zero attached hydrogens (tertiary/aromatic N) is 2. The summed E-state index contributed by atoms with van der Waals surface area (Å²) in [6.45, 7) is 2.05. The summed E-state index contributed by atoms with van der Waals surface area (Å²) in [5.41, 5.74) is 2.27. The molecule has 0 saturated heterocycles. The van der Waals surface area contributed by atoms with Crippen molar-refractivity contribution < 1.29 is 14.5 Å². The van der Waals surface area contributed by atoms with E-state index in [-0.39, 0.29) is 23.1 Å². The van der Waals surface area contributed by atoms with Crippen molar-refractivity contribution in [2.45, 2.75) is 18.4 Å². The van der Waals surface area contributed by atoms with Gasteiger partial charge in [-0.15, -0.1) is 0 Å². The van der Waals surface area contributed by atoms with E-state index in [4.69, 9.17) is 4.74 Å². The molecule has 8 heteroatoms. The van der Waals surface area contributed by atoms with Gasteiger partial charge in [0, 0.05) is 11.5 Å². The number of methoxy groups -OCH3 is 1. The second-order valence-corrected chi connectivity index (χ2v) is 6.94. The predicted octanol–water partition coefficient (Wildman–Crippen LogP) is 4.44. The van der Waals surface area contributed by atoms with Crippen LogP contribution >= 0.6 is 11.8 Å². The third-order valence-corrected chi connectivity index (χ3v) is 5.19. The van der Waals surface area contributed by atoms with Gasteiger partial charge in [0.15, 0.2) is 0 Å². The van der Waals surface area contributed by atoms with Gasteiger partial charge >= 0.3 is 0 Å². The van der Waals surface area contributed by atoms with Crippen LogP contribution in [0.4, 0.5) is 11.4 Å². The number of ether oxygens (including phenoxy) is 1. The highest BCUT2D eigenvalue weighted by Crippen LogP contribution is 2.30. The van der Waals surface area contributed by atoms with E-state index in [1.54, 1.807) is 0 Å². The van der Waals surface area contributed by atoms with E-state index in [1.165, 1.54) is 37.1 Å². The lowest BCUT2D eigenvalue weighted by atomic mass is 10.1. The number of benzene rings is 2. The van der Waals surface area contributed by atoms with Crippen LogP contribution in [0.1, 0.15) is 12.5 Å². The summed E-state index contributed by atoms with van der Waals surface area (Å²) in [6.07, 6.45) is 0.817. The van der Waals surface area contributed by atoms with Crippen LogP contribution in [0, 0.1) is 10.1 Å². The SMILES string of the molecule is CCc1cc2ccccc2nc1SCC(=O)Nc1ccc([N+](=O)[O-])cc1OC. The zero-order chi connectivity index (χ0) is 20.1. The highest BCUT2D eigenvalue weighted by Gasteiger charge is 2.14. The topological polar surface area (TPSA) is 94.4 Å². The highest BCUT2D eigenvalue weighted by atomic mass is 32.2. The minimum absolute atomic E-state index is 0.0998. The lowest BCUT2D eigenvalue weighted by molar-refractivity contribution is -0.384. The number of thioether (sulfide) groups is 1. The molecule has 28 heavy (non-hydrogen) atoms. The zero-order valence-electron chi connectivity index (χ0n) is 15.5. The summed E-state index contributed by atoms with van der Waals surface area (Å²) in [7, 11) is 1.40. The van der Waals surface area contributed by atoms with Crippen molar-refractivity contribution in [1.82, 2.24) is 4.98 Å². The molecule has 0 aliphatic rings. The van der Waals surface area contributed by atoms with Gasteiger partial charge in [-0.2, -0.15) is 0 Å². The van der Waals surface area contributed by atoms with Gasteiger partial charge < -0.3 is 10.1 Å². The Hall–Kier alpha value is -3.13. The number of nitro benzene ring substituents is 1. The molecule has 1 N–H and O–H groups in total. The minimum Gasteiger partial charge on any atom is -0.494 e. The predicted molar refractivity (Wildman–Crippen MR) is 110 cm³/mol. The molecule has 1 aromatic heterocycles. The van der Waals surface area contributed by atoms with E-state index in [0.29, 0.717) is 5.69 Å². The lowest BCUT2D eigenvalue weighted by Crippen LogP contribution is -2.15. The Morgan fingerprint density at radius 3 is 2.75 bits per heavy atom. The van der Waals surface area contributed by atoms with Gasteiger partial charge in [0.25, 0.3) is 5.69 Å². The number of para-hydroxylation sites is 1. The lowest BCUT2D eigenvalue weighted by Gasteiger charge is -2.11. The Morgan fingerprint density at radius 1 is 1.25 bits per heavy atom. The molecule has 0 aliphatic carbocycles. The molecule has 2 aromatic carbocycles. The monoisotopic (exact) mass is 397 g/mol. The number of hydrogen-bond donors (Lipinski definition) is 1. The van der Waals surface area contributed by atoms with E-state index in [2.05, 4.69) is 23.3 Å². The van der Waals surface area contributed by atoms with Crippen LogP contribution in [0.15, 0.2) is 53.6 Å². The fraction of sp³-hybridized carbons (Fsp3) is 0.200. The summed E-state index contributed by atoms with van der Waals surface area (Å²) in [4.78, 5) is 27.4. The van der Waals surface area contributed by atoms with E-state index in [9.17, 15) is 14.9 Å². The molecule has 7 nitrogen and oxygen atoms in total.